The molecule has 0 atom stereocenters. The van der Waals surface area contributed by atoms with Crippen molar-refractivity contribution in [3.63, 3.8) is 0 Å². The molecule has 0 aliphatic carbocycles. The molecule has 1 fully saturated rings. The zero-order chi connectivity index (χ0) is 16.8. The van der Waals surface area contributed by atoms with E-state index >= 15 is 0 Å². The van der Waals surface area contributed by atoms with E-state index in [9.17, 15) is 0 Å². The van der Waals surface area contributed by atoms with Gasteiger partial charge in [0, 0.05) is 45.0 Å². The zero-order valence-electron chi connectivity index (χ0n) is 14.7. The smallest absolute Gasteiger partial charge is 0.119 e. The van der Waals surface area contributed by atoms with Gasteiger partial charge in [0.2, 0.25) is 0 Å². The summed E-state index contributed by atoms with van der Waals surface area (Å²) in [6, 6.07) is 16.9. The fourth-order valence-corrected chi connectivity index (χ4v) is 3.03. The molecule has 1 N–H and O–H groups in total. The molecule has 0 radical (unpaired) electrons. The summed E-state index contributed by atoms with van der Waals surface area (Å²) in [5, 5.41) is 3.51. The third kappa shape index (κ3) is 4.73. The van der Waals surface area contributed by atoms with Crippen LogP contribution in [0, 0.1) is 0 Å². The van der Waals surface area contributed by atoms with E-state index < -0.39 is 0 Å². The first-order valence-corrected chi connectivity index (χ1v) is 8.59. The van der Waals surface area contributed by atoms with E-state index in [-0.39, 0.29) is 0 Å². The Bertz CT molecular complexity index is 651. The monoisotopic (exact) mass is 325 g/mol. The Morgan fingerprint density at radius 1 is 0.958 bits per heavy atom. The van der Waals surface area contributed by atoms with Crippen molar-refractivity contribution < 1.29 is 4.74 Å². The van der Waals surface area contributed by atoms with Crippen molar-refractivity contribution in [3.05, 3.63) is 59.7 Å². The van der Waals surface area contributed by atoms with Crippen molar-refractivity contribution in [2.45, 2.75) is 13.1 Å². The summed E-state index contributed by atoms with van der Waals surface area (Å²) in [6.45, 7) is 6.45. The Labute approximate surface area is 145 Å². The van der Waals surface area contributed by atoms with E-state index in [0.29, 0.717) is 0 Å². The summed E-state index contributed by atoms with van der Waals surface area (Å²) in [7, 11) is 3.90. The van der Waals surface area contributed by atoms with Crippen LogP contribution >= 0.6 is 0 Å². The van der Waals surface area contributed by atoms with E-state index in [1.807, 2.05) is 12.1 Å². The molecule has 1 heterocycles. The molecule has 128 valence electrons. The number of benzene rings is 2. The molecule has 0 bridgehead atoms. The van der Waals surface area contributed by atoms with Gasteiger partial charge in [-0.05, 0) is 42.4 Å². The van der Waals surface area contributed by atoms with Gasteiger partial charge in [-0.2, -0.15) is 0 Å². The molecule has 0 aromatic heterocycles. The maximum absolute atomic E-state index is 5.28. The molecule has 4 nitrogen and oxygen atoms in total. The van der Waals surface area contributed by atoms with Gasteiger partial charge in [0.05, 0.1) is 7.11 Å². The number of ether oxygens (including phenoxy) is 1. The number of hydrogen-bond donors (Lipinski definition) is 1. The van der Waals surface area contributed by atoms with E-state index in [4.69, 9.17) is 4.74 Å². The Balaban J connectivity index is 1.56. The highest BCUT2D eigenvalue weighted by Gasteiger charge is 2.13. The number of piperazine rings is 1. The lowest BCUT2D eigenvalue weighted by atomic mass is 10.1. The molecule has 0 spiro atoms. The van der Waals surface area contributed by atoms with Gasteiger partial charge in [0.25, 0.3) is 0 Å². The highest BCUT2D eigenvalue weighted by Crippen LogP contribution is 2.17. The van der Waals surface area contributed by atoms with Crippen molar-refractivity contribution in [1.82, 2.24) is 9.80 Å². The lowest BCUT2D eigenvalue weighted by molar-refractivity contribution is 0.148. The summed E-state index contributed by atoms with van der Waals surface area (Å²) in [6.07, 6.45) is 0. The number of rotatable bonds is 6. The van der Waals surface area contributed by atoms with Crippen LogP contribution in [0.3, 0.4) is 0 Å². The standard InChI is InChI=1S/C20H27N3O/c1-22-9-11-23(12-10-22)16-18-6-3-7-19(13-18)21-15-17-5-4-8-20(14-17)24-2/h3-8,13-14,21H,9-12,15-16H2,1-2H3. The lowest BCUT2D eigenvalue weighted by Crippen LogP contribution is -2.43. The molecule has 1 aliphatic rings. The summed E-state index contributed by atoms with van der Waals surface area (Å²) < 4.78 is 5.28. The Kier molecular flexibility index (Phi) is 5.72. The van der Waals surface area contributed by atoms with Crippen molar-refractivity contribution >= 4 is 5.69 Å². The maximum Gasteiger partial charge on any atom is 0.119 e. The van der Waals surface area contributed by atoms with Gasteiger partial charge in [-0.15, -0.1) is 0 Å². The zero-order valence-corrected chi connectivity index (χ0v) is 14.7. The molecule has 1 aliphatic heterocycles. The fraction of sp³-hybridized carbons (Fsp3) is 0.400. The molecule has 4 heteroatoms. The first-order valence-electron chi connectivity index (χ1n) is 8.59. The minimum atomic E-state index is 0.801. The number of likely N-dealkylation sites (N-methyl/N-ethyl adjacent to an activating group) is 1. The van der Waals surface area contributed by atoms with Gasteiger partial charge >= 0.3 is 0 Å². The summed E-state index contributed by atoms with van der Waals surface area (Å²) in [4.78, 5) is 4.92. The summed E-state index contributed by atoms with van der Waals surface area (Å²) >= 11 is 0. The maximum atomic E-state index is 5.28. The second kappa shape index (κ2) is 8.18. The average molecular weight is 325 g/mol. The van der Waals surface area contributed by atoms with Gasteiger partial charge in [0.15, 0.2) is 0 Å². The summed E-state index contributed by atoms with van der Waals surface area (Å²) in [5.74, 6) is 0.901. The SMILES string of the molecule is COc1cccc(CNc2cccc(CN3CCN(C)CC3)c2)c1. The predicted molar refractivity (Wildman–Crippen MR) is 99.5 cm³/mol. The third-order valence-corrected chi connectivity index (χ3v) is 4.56. The van der Waals surface area contributed by atoms with Crippen LogP contribution in [0.4, 0.5) is 5.69 Å². The number of anilines is 1. The van der Waals surface area contributed by atoms with Gasteiger partial charge in [-0.1, -0.05) is 24.3 Å². The largest absolute Gasteiger partial charge is 0.497 e. The Morgan fingerprint density at radius 2 is 1.71 bits per heavy atom. The van der Waals surface area contributed by atoms with Crippen LogP contribution in [-0.2, 0) is 13.1 Å². The first kappa shape index (κ1) is 16.8. The molecule has 0 unspecified atom stereocenters. The number of hydrogen-bond acceptors (Lipinski definition) is 4. The predicted octanol–water partition coefficient (Wildman–Crippen LogP) is 3.05. The molecule has 0 saturated carbocycles. The molecule has 2 aromatic rings. The van der Waals surface area contributed by atoms with Crippen LogP contribution in [0.15, 0.2) is 48.5 Å². The van der Waals surface area contributed by atoms with Gasteiger partial charge < -0.3 is 15.0 Å². The molecule has 0 amide bonds. The summed E-state index contributed by atoms with van der Waals surface area (Å²) in [5.41, 5.74) is 3.76. The van der Waals surface area contributed by atoms with Crippen LogP contribution in [-0.4, -0.2) is 50.1 Å². The topological polar surface area (TPSA) is 27.7 Å². The highest BCUT2D eigenvalue weighted by molar-refractivity contribution is 5.46. The Hall–Kier alpha value is -2.04. The minimum Gasteiger partial charge on any atom is -0.497 e. The number of methoxy groups -OCH3 is 1. The van der Waals surface area contributed by atoms with Crippen molar-refractivity contribution in [2.75, 3.05) is 45.7 Å². The van der Waals surface area contributed by atoms with Crippen LogP contribution < -0.4 is 10.1 Å². The van der Waals surface area contributed by atoms with Gasteiger partial charge in [-0.3, -0.25) is 4.90 Å². The van der Waals surface area contributed by atoms with Crippen LogP contribution in [0.25, 0.3) is 0 Å². The van der Waals surface area contributed by atoms with E-state index in [0.717, 1.165) is 45.0 Å². The molecule has 2 aromatic carbocycles. The molecule has 24 heavy (non-hydrogen) atoms. The second-order valence-electron chi connectivity index (χ2n) is 6.48. The van der Waals surface area contributed by atoms with Gasteiger partial charge in [0.1, 0.15) is 5.75 Å². The molecular weight excluding hydrogens is 298 g/mol. The number of nitrogens with zero attached hydrogens (tertiary/aromatic N) is 2. The normalized spacial score (nSPS) is 16.1. The van der Waals surface area contributed by atoms with Crippen molar-refractivity contribution in [2.24, 2.45) is 0 Å². The molecule has 1 saturated heterocycles. The Morgan fingerprint density at radius 3 is 2.50 bits per heavy atom. The van der Waals surface area contributed by atoms with Crippen LogP contribution in [0.5, 0.6) is 5.75 Å². The molecule has 3 rings (SSSR count). The highest BCUT2D eigenvalue weighted by atomic mass is 16.5. The van der Waals surface area contributed by atoms with E-state index in [1.54, 1.807) is 7.11 Å². The van der Waals surface area contributed by atoms with Gasteiger partial charge in [-0.25, -0.2) is 0 Å². The average Bonchev–Trinajstić information content (AvgIpc) is 2.62. The van der Waals surface area contributed by atoms with E-state index in [2.05, 4.69) is 58.6 Å². The lowest BCUT2D eigenvalue weighted by Gasteiger charge is -2.32. The second-order valence-corrected chi connectivity index (χ2v) is 6.48. The fourth-order valence-electron chi connectivity index (χ4n) is 3.03. The quantitative estimate of drug-likeness (QED) is 0.883. The first-order chi connectivity index (χ1) is 11.7. The van der Waals surface area contributed by atoms with Crippen LogP contribution in [0.2, 0.25) is 0 Å². The van der Waals surface area contributed by atoms with E-state index in [1.165, 1.54) is 16.8 Å². The number of nitrogens with one attached hydrogen (secondary N) is 1. The molecular formula is C20H27N3O. The van der Waals surface area contributed by atoms with Crippen molar-refractivity contribution in [1.29, 1.82) is 0 Å². The van der Waals surface area contributed by atoms with Crippen molar-refractivity contribution in [3.8, 4) is 5.75 Å². The van der Waals surface area contributed by atoms with Crippen LogP contribution in [0.1, 0.15) is 11.1 Å². The minimum absolute atomic E-state index is 0.801. The third-order valence-electron chi connectivity index (χ3n) is 4.56.